The molecule has 0 amide bonds. The molecule has 1 rings (SSSR count). The number of nitrogens with one attached hydrogen (secondary N) is 1. The monoisotopic (exact) mass is 240 g/mol. The standard InChI is InChI=1S/C12H24N4O/c1-5-10-14-11(6-2)16(15-10)8-7-12(3,9-17)13-4/h13,17H,5-9H2,1-4H3. The van der Waals surface area contributed by atoms with E-state index in [0.717, 1.165) is 37.5 Å². The average Bonchev–Trinajstić information content (AvgIpc) is 2.78. The van der Waals surface area contributed by atoms with Crippen LogP contribution in [0.25, 0.3) is 0 Å². The molecule has 5 heteroatoms. The van der Waals surface area contributed by atoms with Crippen molar-refractivity contribution >= 4 is 0 Å². The first-order valence-electron chi connectivity index (χ1n) is 6.31. The van der Waals surface area contributed by atoms with Crippen molar-refractivity contribution in [2.45, 2.75) is 52.1 Å². The molecular weight excluding hydrogens is 216 g/mol. The van der Waals surface area contributed by atoms with Crippen molar-refractivity contribution in [2.24, 2.45) is 0 Å². The SMILES string of the molecule is CCc1nc(CC)n(CCC(C)(CO)NC)n1. The molecule has 0 aliphatic rings. The van der Waals surface area contributed by atoms with Crippen LogP contribution < -0.4 is 5.32 Å². The Morgan fingerprint density at radius 3 is 2.53 bits per heavy atom. The summed E-state index contributed by atoms with van der Waals surface area (Å²) in [4.78, 5) is 4.47. The number of hydrogen-bond acceptors (Lipinski definition) is 4. The molecule has 0 radical (unpaired) electrons. The van der Waals surface area contributed by atoms with Gasteiger partial charge in [0.15, 0.2) is 5.82 Å². The summed E-state index contributed by atoms with van der Waals surface area (Å²) in [6, 6.07) is 0. The lowest BCUT2D eigenvalue weighted by Gasteiger charge is -2.26. The molecule has 0 saturated heterocycles. The van der Waals surface area contributed by atoms with E-state index in [2.05, 4.69) is 29.2 Å². The van der Waals surface area contributed by atoms with Gasteiger partial charge in [-0.25, -0.2) is 9.67 Å². The van der Waals surface area contributed by atoms with E-state index in [1.807, 2.05) is 18.7 Å². The van der Waals surface area contributed by atoms with Gasteiger partial charge < -0.3 is 10.4 Å². The molecule has 17 heavy (non-hydrogen) atoms. The molecule has 0 fully saturated rings. The first-order valence-corrected chi connectivity index (χ1v) is 6.31. The van der Waals surface area contributed by atoms with Crippen LogP contribution in [0.15, 0.2) is 0 Å². The van der Waals surface area contributed by atoms with Gasteiger partial charge in [-0.05, 0) is 20.4 Å². The number of hydrogen-bond donors (Lipinski definition) is 2. The summed E-state index contributed by atoms with van der Waals surface area (Å²) >= 11 is 0. The predicted molar refractivity (Wildman–Crippen MR) is 67.9 cm³/mol. The summed E-state index contributed by atoms with van der Waals surface area (Å²) in [5, 5.41) is 16.9. The van der Waals surface area contributed by atoms with E-state index < -0.39 is 0 Å². The highest BCUT2D eigenvalue weighted by Gasteiger charge is 2.21. The van der Waals surface area contributed by atoms with Crippen molar-refractivity contribution in [3.05, 3.63) is 11.6 Å². The minimum Gasteiger partial charge on any atom is -0.394 e. The largest absolute Gasteiger partial charge is 0.394 e. The van der Waals surface area contributed by atoms with Crippen molar-refractivity contribution in [1.82, 2.24) is 20.1 Å². The maximum Gasteiger partial charge on any atom is 0.150 e. The molecule has 1 atom stereocenters. The second kappa shape index (κ2) is 6.12. The van der Waals surface area contributed by atoms with Gasteiger partial charge in [-0.15, -0.1) is 0 Å². The van der Waals surface area contributed by atoms with Gasteiger partial charge in [-0.3, -0.25) is 0 Å². The average molecular weight is 240 g/mol. The first kappa shape index (κ1) is 14.1. The Hall–Kier alpha value is -0.940. The Bertz CT molecular complexity index is 344. The molecule has 0 aromatic carbocycles. The van der Waals surface area contributed by atoms with Gasteiger partial charge >= 0.3 is 0 Å². The van der Waals surface area contributed by atoms with Crippen molar-refractivity contribution in [3.63, 3.8) is 0 Å². The number of aryl methyl sites for hydroxylation is 3. The van der Waals surface area contributed by atoms with Crippen LogP contribution >= 0.6 is 0 Å². The van der Waals surface area contributed by atoms with Crippen molar-refractivity contribution in [3.8, 4) is 0 Å². The Morgan fingerprint density at radius 2 is 2.06 bits per heavy atom. The van der Waals surface area contributed by atoms with E-state index in [1.165, 1.54) is 0 Å². The molecule has 98 valence electrons. The summed E-state index contributed by atoms with van der Waals surface area (Å²) in [7, 11) is 1.87. The van der Waals surface area contributed by atoms with E-state index >= 15 is 0 Å². The lowest BCUT2D eigenvalue weighted by molar-refractivity contribution is 0.167. The molecule has 0 bridgehead atoms. The van der Waals surface area contributed by atoms with Crippen molar-refractivity contribution in [1.29, 1.82) is 0 Å². The molecule has 5 nitrogen and oxygen atoms in total. The third-order valence-corrected chi connectivity index (χ3v) is 3.25. The minimum atomic E-state index is -0.247. The van der Waals surface area contributed by atoms with Gasteiger partial charge in [0.05, 0.1) is 6.61 Å². The fourth-order valence-electron chi connectivity index (χ4n) is 1.65. The van der Waals surface area contributed by atoms with Gasteiger partial charge in [0.2, 0.25) is 0 Å². The molecule has 0 spiro atoms. The van der Waals surface area contributed by atoms with Gasteiger partial charge in [0.25, 0.3) is 0 Å². The second-order valence-corrected chi connectivity index (χ2v) is 4.59. The molecule has 0 saturated carbocycles. The lowest BCUT2D eigenvalue weighted by atomic mass is 9.99. The Morgan fingerprint density at radius 1 is 1.35 bits per heavy atom. The van der Waals surface area contributed by atoms with Crippen LogP contribution in [0.3, 0.4) is 0 Å². The number of nitrogens with zero attached hydrogens (tertiary/aromatic N) is 3. The summed E-state index contributed by atoms with van der Waals surface area (Å²) in [5.74, 6) is 1.93. The number of aliphatic hydroxyl groups is 1. The molecular formula is C12H24N4O. The van der Waals surface area contributed by atoms with E-state index in [-0.39, 0.29) is 12.1 Å². The van der Waals surface area contributed by atoms with Gasteiger partial charge in [-0.1, -0.05) is 13.8 Å². The van der Waals surface area contributed by atoms with Crippen molar-refractivity contribution in [2.75, 3.05) is 13.7 Å². The molecule has 0 aliphatic heterocycles. The van der Waals surface area contributed by atoms with E-state index in [4.69, 9.17) is 0 Å². The second-order valence-electron chi connectivity index (χ2n) is 4.59. The number of likely N-dealkylation sites (N-methyl/N-ethyl adjacent to an activating group) is 1. The molecule has 1 unspecified atom stereocenters. The van der Waals surface area contributed by atoms with Crippen LogP contribution in [-0.4, -0.2) is 39.1 Å². The van der Waals surface area contributed by atoms with Crippen molar-refractivity contribution < 1.29 is 5.11 Å². The molecule has 2 N–H and O–H groups in total. The fraction of sp³-hybridized carbons (Fsp3) is 0.833. The molecule has 1 heterocycles. The Balaban J connectivity index is 2.71. The summed E-state index contributed by atoms with van der Waals surface area (Å²) in [6.45, 7) is 7.07. The summed E-state index contributed by atoms with van der Waals surface area (Å²) < 4.78 is 1.96. The van der Waals surface area contributed by atoms with Crippen LogP contribution in [0.2, 0.25) is 0 Å². The van der Waals surface area contributed by atoms with E-state index in [1.54, 1.807) is 0 Å². The maximum absolute atomic E-state index is 9.33. The highest BCUT2D eigenvalue weighted by molar-refractivity contribution is 4.93. The van der Waals surface area contributed by atoms with Gasteiger partial charge in [-0.2, -0.15) is 5.10 Å². The molecule has 0 aliphatic carbocycles. The Kier molecular flexibility index (Phi) is 5.08. The zero-order valence-corrected chi connectivity index (χ0v) is 11.3. The first-order chi connectivity index (χ1) is 8.08. The third-order valence-electron chi connectivity index (χ3n) is 3.25. The minimum absolute atomic E-state index is 0.125. The van der Waals surface area contributed by atoms with Gasteiger partial charge in [0, 0.05) is 24.9 Å². The van der Waals surface area contributed by atoms with Crippen LogP contribution in [0.1, 0.15) is 38.8 Å². The maximum atomic E-state index is 9.33. The molecule has 1 aromatic rings. The highest BCUT2D eigenvalue weighted by atomic mass is 16.3. The van der Waals surface area contributed by atoms with E-state index in [0.29, 0.717) is 0 Å². The topological polar surface area (TPSA) is 63.0 Å². The number of aliphatic hydroxyl groups excluding tert-OH is 1. The summed E-state index contributed by atoms with van der Waals surface area (Å²) in [5.41, 5.74) is -0.247. The summed E-state index contributed by atoms with van der Waals surface area (Å²) in [6.07, 6.45) is 2.59. The van der Waals surface area contributed by atoms with Crippen LogP contribution in [0, 0.1) is 0 Å². The number of rotatable bonds is 7. The third kappa shape index (κ3) is 3.51. The highest BCUT2D eigenvalue weighted by Crippen LogP contribution is 2.11. The lowest BCUT2D eigenvalue weighted by Crippen LogP contribution is -2.44. The predicted octanol–water partition coefficient (Wildman–Crippen LogP) is 0.763. The fourth-order valence-corrected chi connectivity index (χ4v) is 1.65. The smallest absolute Gasteiger partial charge is 0.150 e. The quantitative estimate of drug-likeness (QED) is 0.739. The van der Waals surface area contributed by atoms with Crippen LogP contribution in [0.4, 0.5) is 0 Å². The van der Waals surface area contributed by atoms with Crippen LogP contribution in [-0.2, 0) is 19.4 Å². The zero-order valence-electron chi connectivity index (χ0n) is 11.3. The van der Waals surface area contributed by atoms with Crippen LogP contribution in [0.5, 0.6) is 0 Å². The van der Waals surface area contributed by atoms with E-state index in [9.17, 15) is 5.11 Å². The zero-order chi connectivity index (χ0) is 12.9. The normalized spacial score (nSPS) is 14.9. The Labute approximate surface area is 103 Å². The number of aromatic nitrogens is 3. The van der Waals surface area contributed by atoms with Gasteiger partial charge in [0.1, 0.15) is 5.82 Å². The molecule has 1 aromatic heterocycles.